The molecule has 3 nitrogen and oxygen atoms in total. The molecule has 2 rings (SSSR count). The maximum Gasteiger partial charge on any atom is 0.137 e. The number of hydrogen-bond donors (Lipinski definition) is 1. The number of aromatic nitrogens is 1. The van der Waals surface area contributed by atoms with Crippen LogP contribution in [0.2, 0.25) is 5.15 Å². The highest BCUT2D eigenvalue weighted by Crippen LogP contribution is 2.16. The highest BCUT2D eigenvalue weighted by atomic mass is 35.5. The molecule has 5 heteroatoms. The number of hydrogen-bond acceptors (Lipinski definition) is 3. The number of rotatable bonds is 3. The average Bonchev–Trinajstić information content (AvgIpc) is 2.30. The molecule has 0 aromatic carbocycles. The molecule has 2 heterocycles. The fourth-order valence-corrected chi connectivity index (χ4v) is 1.82. The van der Waals surface area contributed by atoms with Crippen LogP contribution in [0.3, 0.4) is 0 Å². The first-order valence-corrected chi connectivity index (χ1v) is 5.67. The van der Waals surface area contributed by atoms with Gasteiger partial charge in [0.25, 0.3) is 0 Å². The molecule has 0 amide bonds. The second kappa shape index (κ2) is 6.94. The maximum absolute atomic E-state index is 5.69. The number of piperidine rings is 1. The van der Waals surface area contributed by atoms with Gasteiger partial charge in [-0.1, -0.05) is 11.6 Å². The molecule has 1 aromatic heterocycles. The predicted molar refractivity (Wildman–Crippen MR) is 67.6 cm³/mol. The highest BCUT2D eigenvalue weighted by Gasteiger charge is 2.13. The van der Waals surface area contributed by atoms with Crippen molar-refractivity contribution < 1.29 is 4.74 Å². The Kier molecular flexibility index (Phi) is 5.88. The summed E-state index contributed by atoms with van der Waals surface area (Å²) in [6.07, 6.45) is 4.06. The van der Waals surface area contributed by atoms with E-state index >= 15 is 0 Å². The minimum Gasteiger partial charge on any atom is -0.492 e. The van der Waals surface area contributed by atoms with Crippen LogP contribution in [0.4, 0.5) is 0 Å². The van der Waals surface area contributed by atoms with Crippen molar-refractivity contribution in [2.75, 3.05) is 19.7 Å². The highest BCUT2D eigenvalue weighted by molar-refractivity contribution is 6.29. The van der Waals surface area contributed by atoms with Crippen LogP contribution in [0.5, 0.6) is 5.75 Å². The van der Waals surface area contributed by atoms with Crippen molar-refractivity contribution in [3.05, 3.63) is 23.5 Å². The summed E-state index contributed by atoms with van der Waals surface area (Å²) in [7, 11) is 0. The van der Waals surface area contributed by atoms with Gasteiger partial charge in [-0.3, -0.25) is 0 Å². The van der Waals surface area contributed by atoms with Crippen molar-refractivity contribution in [3.63, 3.8) is 0 Å². The SMILES string of the molecule is Cl.Clc1ccc(OCC2CCNCC2)cn1. The molecule has 0 unspecified atom stereocenters. The summed E-state index contributed by atoms with van der Waals surface area (Å²) in [5.41, 5.74) is 0. The summed E-state index contributed by atoms with van der Waals surface area (Å²) in [6.45, 7) is 2.99. The second-order valence-electron chi connectivity index (χ2n) is 3.82. The van der Waals surface area contributed by atoms with E-state index in [9.17, 15) is 0 Å². The van der Waals surface area contributed by atoms with Gasteiger partial charge in [-0.05, 0) is 44.0 Å². The lowest BCUT2D eigenvalue weighted by Gasteiger charge is -2.22. The van der Waals surface area contributed by atoms with Crippen LogP contribution in [-0.2, 0) is 0 Å². The Morgan fingerprint density at radius 2 is 2.12 bits per heavy atom. The van der Waals surface area contributed by atoms with Crippen LogP contribution >= 0.6 is 24.0 Å². The molecular weight excluding hydrogens is 247 g/mol. The van der Waals surface area contributed by atoms with Gasteiger partial charge in [0.05, 0.1) is 12.8 Å². The quantitative estimate of drug-likeness (QED) is 0.851. The van der Waals surface area contributed by atoms with Crippen molar-refractivity contribution in [2.24, 2.45) is 5.92 Å². The standard InChI is InChI=1S/C11H15ClN2O.ClH/c12-11-2-1-10(7-14-11)15-8-9-3-5-13-6-4-9;/h1-2,7,9,13H,3-6,8H2;1H. The molecule has 16 heavy (non-hydrogen) atoms. The topological polar surface area (TPSA) is 34.1 Å². The average molecular weight is 263 g/mol. The largest absolute Gasteiger partial charge is 0.492 e. The fraction of sp³-hybridized carbons (Fsp3) is 0.545. The van der Waals surface area contributed by atoms with E-state index in [1.165, 1.54) is 12.8 Å². The molecular formula is C11H16Cl2N2O. The molecule has 1 fully saturated rings. The van der Waals surface area contributed by atoms with Crippen molar-refractivity contribution in [1.29, 1.82) is 0 Å². The van der Waals surface area contributed by atoms with E-state index in [-0.39, 0.29) is 12.4 Å². The number of ether oxygens (including phenoxy) is 1. The molecule has 0 aliphatic carbocycles. The van der Waals surface area contributed by atoms with Crippen molar-refractivity contribution >= 4 is 24.0 Å². The lowest BCUT2D eigenvalue weighted by atomic mass is 9.99. The lowest BCUT2D eigenvalue weighted by molar-refractivity contribution is 0.214. The van der Waals surface area contributed by atoms with E-state index in [4.69, 9.17) is 16.3 Å². The summed E-state index contributed by atoms with van der Waals surface area (Å²) in [5.74, 6) is 1.47. The van der Waals surface area contributed by atoms with Crippen molar-refractivity contribution in [2.45, 2.75) is 12.8 Å². The van der Waals surface area contributed by atoms with Crippen molar-refractivity contribution in [3.8, 4) is 5.75 Å². The third-order valence-corrected chi connectivity index (χ3v) is 2.87. The number of nitrogens with zero attached hydrogens (tertiary/aromatic N) is 1. The van der Waals surface area contributed by atoms with Gasteiger partial charge in [0.2, 0.25) is 0 Å². The second-order valence-corrected chi connectivity index (χ2v) is 4.21. The molecule has 0 atom stereocenters. The summed E-state index contributed by atoms with van der Waals surface area (Å²) < 4.78 is 5.65. The zero-order valence-electron chi connectivity index (χ0n) is 8.99. The van der Waals surface area contributed by atoms with Gasteiger partial charge >= 0.3 is 0 Å². The molecule has 1 saturated heterocycles. The van der Waals surface area contributed by atoms with E-state index < -0.39 is 0 Å². The van der Waals surface area contributed by atoms with E-state index in [0.29, 0.717) is 11.1 Å². The summed E-state index contributed by atoms with van der Waals surface area (Å²) in [4.78, 5) is 3.97. The van der Waals surface area contributed by atoms with Crippen LogP contribution in [0.15, 0.2) is 18.3 Å². The predicted octanol–water partition coefficient (Wildman–Crippen LogP) is 2.54. The first-order chi connectivity index (χ1) is 7.34. The molecule has 0 saturated carbocycles. The zero-order valence-corrected chi connectivity index (χ0v) is 10.6. The van der Waals surface area contributed by atoms with Gasteiger partial charge in [-0.2, -0.15) is 0 Å². The monoisotopic (exact) mass is 262 g/mol. The molecule has 1 aliphatic heterocycles. The molecule has 1 N–H and O–H groups in total. The van der Waals surface area contributed by atoms with Gasteiger partial charge in [-0.25, -0.2) is 4.98 Å². The normalized spacial score (nSPS) is 16.6. The minimum atomic E-state index is 0. The van der Waals surface area contributed by atoms with Crippen LogP contribution in [-0.4, -0.2) is 24.7 Å². The number of pyridine rings is 1. The van der Waals surface area contributed by atoms with E-state index in [2.05, 4.69) is 10.3 Å². The molecule has 0 spiro atoms. The summed E-state index contributed by atoms with van der Waals surface area (Å²) >= 11 is 5.69. The van der Waals surface area contributed by atoms with Crippen LogP contribution in [0.25, 0.3) is 0 Å². The van der Waals surface area contributed by atoms with Gasteiger partial charge in [0.1, 0.15) is 10.9 Å². The molecule has 90 valence electrons. The summed E-state index contributed by atoms with van der Waals surface area (Å²) in [6, 6.07) is 3.61. The van der Waals surface area contributed by atoms with E-state index in [1.807, 2.05) is 6.07 Å². The number of nitrogens with one attached hydrogen (secondary N) is 1. The Bertz CT molecular complexity index is 299. The molecule has 1 aromatic rings. The lowest BCUT2D eigenvalue weighted by Crippen LogP contribution is -2.30. The Balaban J connectivity index is 0.00000128. The Morgan fingerprint density at radius 3 is 2.75 bits per heavy atom. The van der Waals surface area contributed by atoms with Gasteiger partial charge in [0.15, 0.2) is 0 Å². The smallest absolute Gasteiger partial charge is 0.137 e. The van der Waals surface area contributed by atoms with Crippen LogP contribution < -0.4 is 10.1 Å². The van der Waals surface area contributed by atoms with Gasteiger partial charge in [-0.15, -0.1) is 12.4 Å². The third-order valence-electron chi connectivity index (χ3n) is 2.64. The van der Waals surface area contributed by atoms with Crippen LogP contribution in [0.1, 0.15) is 12.8 Å². The Morgan fingerprint density at radius 1 is 1.38 bits per heavy atom. The van der Waals surface area contributed by atoms with E-state index in [0.717, 1.165) is 25.4 Å². The molecule has 1 aliphatic rings. The number of halogens is 2. The maximum atomic E-state index is 5.69. The molecule has 0 bridgehead atoms. The summed E-state index contributed by atoms with van der Waals surface area (Å²) in [5, 5.41) is 3.84. The Hall–Kier alpha value is -0.510. The Labute approximate surface area is 107 Å². The van der Waals surface area contributed by atoms with Crippen molar-refractivity contribution in [1.82, 2.24) is 10.3 Å². The van der Waals surface area contributed by atoms with Gasteiger partial charge < -0.3 is 10.1 Å². The minimum absolute atomic E-state index is 0. The first-order valence-electron chi connectivity index (χ1n) is 5.29. The fourth-order valence-electron chi connectivity index (χ4n) is 1.71. The van der Waals surface area contributed by atoms with Crippen LogP contribution in [0, 0.1) is 5.92 Å². The first kappa shape index (κ1) is 13.6. The van der Waals surface area contributed by atoms with Gasteiger partial charge in [0, 0.05) is 0 Å². The third kappa shape index (κ3) is 4.16. The van der Waals surface area contributed by atoms with E-state index in [1.54, 1.807) is 12.3 Å². The molecule has 0 radical (unpaired) electrons. The zero-order chi connectivity index (χ0) is 10.5.